The Morgan fingerprint density at radius 3 is 2.21 bits per heavy atom. The van der Waals surface area contributed by atoms with Crippen molar-refractivity contribution in [2.45, 2.75) is 33.2 Å². The first-order valence-corrected chi connectivity index (χ1v) is 7.59. The number of nitrogens with one attached hydrogen (secondary N) is 1. The average Bonchev–Trinajstić information content (AvgIpc) is 2.33. The molecule has 0 saturated carbocycles. The third-order valence-corrected chi connectivity index (χ3v) is 3.15. The van der Waals surface area contributed by atoms with Crippen molar-refractivity contribution in [3.8, 4) is 0 Å². The van der Waals surface area contributed by atoms with Gasteiger partial charge >= 0.3 is 0 Å². The summed E-state index contributed by atoms with van der Waals surface area (Å²) >= 11 is 0. The van der Waals surface area contributed by atoms with Gasteiger partial charge in [-0.3, -0.25) is 4.90 Å². The third-order valence-electron chi connectivity index (χ3n) is 3.15. The van der Waals surface area contributed by atoms with Gasteiger partial charge in [0.2, 0.25) is 0 Å². The van der Waals surface area contributed by atoms with Crippen LogP contribution in [0.4, 0.5) is 0 Å². The van der Waals surface area contributed by atoms with Crippen molar-refractivity contribution in [3.05, 3.63) is 0 Å². The van der Waals surface area contributed by atoms with Gasteiger partial charge in [0.25, 0.3) is 0 Å². The predicted octanol–water partition coefficient (Wildman–Crippen LogP) is 1.52. The Bertz CT molecular complexity index is 198. The highest BCUT2D eigenvalue weighted by atomic mass is 16.5. The number of methoxy groups -OCH3 is 1. The van der Waals surface area contributed by atoms with E-state index in [4.69, 9.17) is 4.74 Å². The average molecular weight is 273 g/mol. The minimum Gasteiger partial charge on any atom is -0.383 e. The molecule has 19 heavy (non-hydrogen) atoms. The molecule has 0 fully saturated rings. The lowest BCUT2D eigenvalue weighted by Gasteiger charge is -2.32. The van der Waals surface area contributed by atoms with Gasteiger partial charge in [-0.1, -0.05) is 20.8 Å². The SMILES string of the molecule is CCCN(CCN(C)C)C(CNCC(C)C)COC. The normalized spacial score (nSPS) is 13.7. The molecule has 0 aliphatic rings. The van der Waals surface area contributed by atoms with Gasteiger partial charge in [0.15, 0.2) is 0 Å². The number of hydrogen-bond acceptors (Lipinski definition) is 4. The molecule has 0 heterocycles. The summed E-state index contributed by atoms with van der Waals surface area (Å²) in [4.78, 5) is 4.80. The molecule has 0 aliphatic heterocycles. The molecular formula is C15H35N3O. The van der Waals surface area contributed by atoms with E-state index >= 15 is 0 Å². The highest BCUT2D eigenvalue weighted by Gasteiger charge is 2.17. The van der Waals surface area contributed by atoms with Crippen LogP contribution in [0.25, 0.3) is 0 Å². The van der Waals surface area contributed by atoms with Crippen LogP contribution >= 0.6 is 0 Å². The van der Waals surface area contributed by atoms with Gasteiger partial charge < -0.3 is 15.0 Å². The Morgan fingerprint density at radius 2 is 1.74 bits per heavy atom. The lowest BCUT2D eigenvalue weighted by Crippen LogP contribution is -2.48. The summed E-state index contributed by atoms with van der Waals surface area (Å²) in [6.07, 6.45) is 1.19. The largest absolute Gasteiger partial charge is 0.383 e. The molecule has 0 saturated heterocycles. The molecule has 0 rings (SSSR count). The molecule has 4 heteroatoms. The van der Waals surface area contributed by atoms with E-state index in [1.54, 1.807) is 7.11 Å². The standard InChI is InChI=1S/C15H35N3O/c1-7-8-18(10-9-17(4)5)15(13-19-6)12-16-11-14(2)3/h14-16H,7-13H2,1-6H3. The summed E-state index contributed by atoms with van der Waals surface area (Å²) in [6, 6.07) is 0.476. The summed E-state index contributed by atoms with van der Waals surface area (Å²) in [5.74, 6) is 0.699. The van der Waals surface area contributed by atoms with Crippen molar-refractivity contribution in [2.24, 2.45) is 5.92 Å². The van der Waals surface area contributed by atoms with E-state index in [0.717, 1.165) is 39.3 Å². The number of rotatable bonds is 12. The van der Waals surface area contributed by atoms with E-state index in [1.165, 1.54) is 6.42 Å². The molecule has 0 radical (unpaired) electrons. The van der Waals surface area contributed by atoms with E-state index in [0.29, 0.717) is 12.0 Å². The monoisotopic (exact) mass is 273 g/mol. The van der Waals surface area contributed by atoms with Gasteiger partial charge in [-0.2, -0.15) is 0 Å². The van der Waals surface area contributed by atoms with E-state index in [2.05, 4.69) is 50.0 Å². The van der Waals surface area contributed by atoms with Gasteiger partial charge in [-0.05, 0) is 39.5 Å². The van der Waals surface area contributed by atoms with Crippen molar-refractivity contribution in [1.29, 1.82) is 0 Å². The summed E-state index contributed by atoms with van der Waals surface area (Å²) in [6.45, 7) is 13.0. The first-order chi connectivity index (χ1) is 9.01. The Balaban J connectivity index is 4.29. The zero-order chi connectivity index (χ0) is 14.7. The molecule has 0 aromatic rings. The van der Waals surface area contributed by atoms with Crippen LogP contribution in [0.1, 0.15) is 27.2 Å². The van der Waals surface area contributed by atoms with E-state index in [9.17, 15) is 0 Å². The van der Waals surface area contributed by atoms with Crippen LogP contribution in [0, 0.1) is 5.92 Å². The fourth-order valence-corrected chi connectivity index (χ4v) is 2.12. The topological polar surface area (TPSA) is 27.7 Å². The van der Waals surface area contributed by atoms with Crippen LogP contribution in [-0.4, -0.2) is 76.4 Å². The number of nitrogens with zero attached hydrogens (tertiary/aromatic N) is 2. The minimum atomic E-state index is 0.476. The fourth-order valence-electron chi connectivity index (χ4n) is 2.12. The third kappa shape index (κ3) is 10.3. The smallest absolute Gasteiger partial charge is 0.0630 e. The maximum Gasteiger partial charge on any atom is 0.0630 e. The van der Waals surface area contributed by atoms with Gasteiger partial charge in [0.05, 0.1) is 6.61 Å². The molecule has 1 atom stereocenters. The molecule has 0 aliphatic carbocycles. The quantitative estimate of drug-likeness (QED) is 0.583. The first kappa shape index (κ1) is 18.8. The molecule has 1 N–H and O–H groups in total. The minimum absolute atomic E-state index is 0.476. The Kier molecular flexibility index (Phi) is 11.6. The Labute approximate surface area is 120 Å². The van der Waals surface area contributed by atoms with Gasteiger partial charge in [0.1, 0.15) is 0 Å². The van der Waals surface area contributed by atoms with E-state index in [-0.39, 0.29) is 0 Å². The lowest BCUT2D eigenvalue weighted by molar-refractivity contribution is 0.0839. The molecule has 0 bridgehead atoms. The summed E-state index contributed by atoms with van der Waals surface area (Å²) in [5.41, 5.74) is 0. The highest BCUT2D eigenvalue weighted by molar-refractivity contribution is 4.75. The predicted molar refractivity (Wildman–Crippen MR) is 83.8 cm³/mol. The Morgan fingerprint density at radius 1 is 1.05 bits per heavy atom. The molecule has 0 spiro atoms. The van der Waals surface area contributed by atoms with Crippen LogP contribution < -0.4 is 5.32 Å². The van der Waals surface area contributed by atoms with Crippen LogP contribution in [0.2, 0.25) is 0 Å². The van der Waals surface area contributed by atoms with Crippen molar-refractivity contribution in [1.82, 2.24) is 15.1 Å². The van der Waals surface area contributed by atoms with Crippen LogP contribution in [0.15, 0.2) is 0 Å². The second-order valence-corrected chi connectivity index (χ2v) is 6.00. The molecule has 1 unspecified atom stereocenters. The maximum absolute atomic E-state index is 5.40. The molecule has 4 nitrogen and oxygen atoms in total. The van der Waals surface area contributed by atoms with E-state index in [1.807, 2.05) is 0 Å². The summed E-state index contributed by atoms with van der Waals surface area (Å²) in [5, 5.41) is 3.56. The van der Waals surface area contributed by atoms with Crippen LogP contribution in [-0.2, 0) is 4.74 Å². The van der Waals surface area contributed by atoms with Crippen molar-refractivity contribution in [2.75, 3.05) is 60.5 Å². The number of ether oxygens (including phenoxy) is 1. The summed E-state index contributed by atoms with van der Waals surface area (Å²) < 4.78 is 5.40. The fraction of sp³-hybridized carbons (Fsp3) is 1.00. The first-order valence-electron chi connectivity index (χ1n) is 7.59. The maximum atomic E-state index is 5.40. The molecule has 116 valence electrons. The van der Waals surface area contributed by atoms with Gasteiger partial charge in [-0.25, -0.2) is 0 Å². The van der Waals surface area contributed by atoms with Gasteiger partial charge in [0, 0.05) is 32.8 Å². The van der Waals surface area contributed by atoms with Crippen LogP contribution in [0.3, 0.4) is 0 Å². The van der Waals surface area contributed by atoms with Crippen molar-refractivity contribution in [3.63, 3.8) is 0 Å². The second kappa shape index (κ2) is 11.6. The number of likely N-dealkylation sites (N-methyl/N-ethyl adjacent to an activating group) is 1. The van der Waals surface area contributed by atoms with Gasteiger partial charge in [-0.15, -0.1) is 0 Å². The number of hydrogen-bond donors (Lipinski definition) is 1. The molecule has 0 aromatic carbocycles. The Hall–Kier alpha value is -0.160. The lowest BCUT2D eigenvalue weighted by atomic mass is 10.2. The second-order valence-electron chi connectivity index (χ2n) is 6.00. The highest BCUT2D eigenvalue weighted by Crippen LogP contribution is 2.02. The van der Waals surface area contributed by atoms with Crippen LogP contribution in [0.5, 0.6) is 0 Å². The molecule has 0 amide bonds. The van der Waals surface area contributed by atoms with Crippen molar-refractivity contribution < 1.29 is 4.74 Å². The zero-order valence-corrected chi connectivity index (χ0v) is 13.9. The summed E-state index contributed by atoms with van der Waals surface area (Å²) in [7, 11) is 6.06. The van der Waals surface area contributed by atoms with Crippen molar-refractivity contribution >= 4 is 0 Å². The molecular weight excluding hydrogens is 238 g/mol. The zero-order valence-electron chi connectivity index (χ0n) is 13.9. The van der Waals surface area contributed by atoms with E-state index < -0.39 is 0 Å². The molecule has 0 aromatic heterocycles.